The molecule has 0 aliphatic carbocycles. The molecule has 9 heteroatoms. The second-order valence-electron chi connectivity index (χ2n) is 10.9. The summed E-state index contributed by atoms with van der Waals surface area (Å²) in [5.74, 6) is 0.259. The van der Waals surface area contributed by atoms with Crippen molar-refractivity contribution in [3.63, 3.8) is 0 Å². The number of amidine groups is 1. The Balaban J connectivity index is 1.41. The molecule has 0 bridgehead atoms. The molecule has 8 nitrogen and oxygen atoms in total. The molecule has 39 heavy (non-hydrogen) atoms. The lowest BCUT2D eigenvalue weighted by atomic mass is 9.91. The van der Waals surface area contributed by atoms with Gasteiger partial charge >= 0.3 is 0 Å². The number of aryl methyl sites for hydroxylation is 1. The third-order valence-corrected chi connectivity index (χ3v) is 7.81. The average Bonchev–Trinajstić information content (AvgIpc) is 3.61. The van der Waals surface area contributed by atoms with Crippen LogP contribution in [0.2, 0.25) is 0 Å². The van der Waals surface area contributed by atoms with E-state index in [0.29, 0.717) is 30.1 Å². The summed E-state index contributed by atoms with van der Waals surface area (Å²) < 4.78 is 19.8. The van der Waals surface area contributed by atoms with Crippen LogP contribution in [-0.4, -0.2) is 57.2 Å². The van der Waals surface area contributed by atoms with Gasteiger partial charge in [-0.25, -0.2) is 4.39 Å². The predicted octanol–water partition coefficient (Wildman–Crippen LogP) is 4.60. The summed E-state index contributed by atoms with van der Waals surface area (Å²) in [4.78, 5) is 15.6. The fourth-order valence-electron chi connectivity index (χ4n) is 5.76. The molecule has 2 aliphatic rings. The van der Waals surface area contributed by atoms with Gasteiger partial charge in [-0.2, -0.15) is 5.10 Å². The van der Waals surface area contributed by atoms with Crippen LogP contribution < -0.4 is 5.32 Å². The Morgan fingerprint density at radius 3 is 2.56 bits per heavy atom. The predicted molar refractivity (Wildman–Crippen MR) is 147 cm³/mol. The number of β-amino-alcohol motifs (C(OH)–C–C–N with tert-alkyl or cyclic N) is 1. The van der Waals surface area contributed by atoms with Crippen molar-refractivity contribution in [2.45, 2.75) is 64.8 Å². The van der Waals surface area contributed by atoms with Crippen molar-refractivity contribution in [3.8, 4) is 11.1 Å². The summed E-state index contributed by atoms with van der Waals surface area (Å²) in [5.41, 5.74) is 2.34. The third-order valence-electron chi connectivity index (χ3n) is 7.81. The quantitative estimate of drug-likeness (QED) is 0.461. The van der Waals surface area contributed by atoms with Gasteiger partial charge in [-0.3, -0.25) is 9.80 Å². The Hall–Kier alpha value is -3.72. The number of hydrogen-bond donors (Lipinski definition) is 2. The molecule has 206 valence electrons. The van der Waals surface area contributed by atoms with E-state index in [1.54, 1.807) is 23.1 Å². The molecule has 2 aliphatic heterocycles. The minimum Gasteiger partial charge on any atom is -0.391 e. The Labute approximate surface area is 228 Å². The number of aromatic nitrogens is 1. The van der Waals surface area contributed by atoms with Crippen molar-refractivity contribution < 1.29 is 18.8 Å². The first-order valence-electron chi connectivity index (χ1n) is 13.5. The standard InChI is InChI=1S/C30H36FN5O3/c1-6-36-30(5,21-13-11-20(12-14-21)23-9-7-8-10-24(23)31)32-28(33-36)25-16-22(37)17-35(25)29(38)27(18(2)3)26-15-19(4)34-39-26/h7-15,18,22,25,27,37H,6,16-17H2,1-5H3,(H,32,33)/t22-,25?,27-,30-/m1/s1. The Morgan fingerprint density at radius 2 is 1.95 bits per heavy atom. The van der Waals surface area contributed by atoms with E-state index in [0.717, 1.165) is 16.8 Å². The number of rotatable bonds is 7. The van der Waals surface area contributed by atoms with E-state index in [9.17, 15) is 14.3 Å². The first kappa shape index (κ1) is 26.9. The van der Waals surface area contributed by atoms with Crippen LogP contribution in [0, 0.1) is 18.7 Å². The number of carbonyl (C=O) groups excluding carboxylic acids is 1. The number of hydrogen-bond acceptors (Lipinski definition) is 7. The van der Waals surface area contributed by atoms with Gasteiger partial charge in [0.05, 0.1) is 17.8 Å². The molecule has 1 fully saturated rings. The SMILES string of the molecule is CCN1N=C(C2C[C@@H](O)CN2C(=O)[C@@H](c2cc(C)no2)C(C)C)N[C@@]1(C)c1ccc(-c2ccccc2F)cc1. The van der Waals surface area contributed by atoms with Crippen molar-refractivity contribution in [1.82, 2.24) is 20.4 Å². The van der Waals surface area contributed by atoms with Gasteiger partial charge in [0.15, 0.2) is 5.66 Å². The molecule has 4 atom stereocenters. The lowest BCUT2D eigenvalue weighted by molar-refractivity contribution is -0.134. The molecular formula is C30H36FN5O3. The van der Waals surface area contributed by atoms with Gasteiger partial charge in [-0.15, -0.1) is 0 Å². The summed E-state index contributed by atoms with van der Waals surface area (Å²) in [7, 11) is 0. The number of nitrogens with zero attached hydrogens (tertiary/aromatic N) is 4. The molecule has 2 aromatic carbocycles. The number of likely N-dealkylation sites (tertiary alicyclic amines) is 1. The van der Waals surface area contributed by atoms with Crippen LogP contribution in [0.1, 0.15) is 57.1 Å². The third kappa shape index (κ3) is 4.91. The normalized spacial score (nSPS) is 23.7. The second kappa shape index (κ2) is 10.4. The number of benzene rings is 2. The Morgan fingerprint density at radius 1 is 1.23 bits per heavy atom. The number of aliphatic hydroxyl groups is 1. The molecule has 3 heterocycles. The molecule has 2 N–H and O–H groups in total. The molecule has 0 spiro atoms. The van der Waals surface area contributed by atoms with E-state index in [-0.39, 0.29) is 24.2 Å². The molecular weight excluding hydrogens is 497 g/mol. The smallest absolute Gasteiger partial charge is 0.234 e. The summed E-state index contributed by atoms with van der Waals surface area (Å²) in [5, 5.41) is 25.1. The highest BCUT2D eigenvalue weighted by Gasteiger charge is 2.47. The van der Waals surface area contributed by atoms with Gasteiger partial charge in [0.1, 0.15) is 23.3 Å². The van der Waals surface area contributed by atoms with Crippen molar-refractivity contribution in [3.05, 3.63) is 77.4 Å². The molecule has 0 radical (unpaired) electrons. The van der Waals surface area contributed by atoms with E-state index in [1.165, 1.54) is 6.07 Å². The molecule has 3 aromatic rings. The van der Waals surface area contributed by atoms with Crippen LogP contribution in [0.15, 0.2) is 64.2 Å². The fraction of sp³-hybridized carbons (Fsp3) is 0.433. The zero-order valence-electron chi connectivity index (χ0n) is 23.1. The maximum Gasteiger partial charge on any atom is 0.234 e. The topological polar surface area (TPSA) is 94.2 Å². The van der Waals surface area contributed by atoms with E-state index >= 15 is 0 Å². The molecule has 0 saturated carbocycles. The highest BCUT2D eigenvalue weighted by molar-refractivity contribution is 5.95. The van der Waals surface area contributed by atoms with Gasteiger partial charge in [0, 0.05) is 31.1 Å². The van der Waals surface area contributed by atoms with Gasteiger partial charge in [-0.1, -0.05) is 61.5 Å². The number of halogens is 1. The number of aliphatic hydroxyl groups excluding tert-OH is 1. The fourth-order valence-corrected chi connectivity index (χ4v) is 5.76. The van der Waals surface area contributed by atoms with Crippen LogP contribution in [0.4, 0.5) is 4.39 Å². The largest absolute Gasteiger partial charge is 0.391 e. The van der Waals surface area contributed by atoms with Gasteiger partial charge in [0.2, 0.25) is 5.91 Å². The Bertz CT molecular complexity index is 1370. The summed E-state index contributed by atoms with van der Waals surface area (Å²) >= 11 is 0. The highest BCUT2D eigenvalue weighted by atomic mass is 19.1. The van der Waals surface area contributed by atoms with Crippen molar-refractivity contribution in [1.29, 1.82) is 0 Å². The van der Waals surface area contributed by atoms with Crippen LogP contribution in [0.25, 0.3) is 11.1 Å². The van der Waals surface area contributed by atoms with Crippen molar-refractivity contribution in [2.24, 2.45) is 11.0 Å². The molecule has 1 aromatic heterocycles. The number of hydrazone groups is 1. The summed E-state index contributed by atoms with van der Waals surface area (Å²) in [6.45, 7) is 10.7. The Kier molecular flexibility index (Phi) is 7.20. The van der Waals surface area contributed by atoms with Gasteiger partial charge in [-0.05, 0) is 43.9 Å². The van der Waals surface area contributed by atoms with Gasteiger partial charge < -0.3 is 19.8 Å². The molecule has 1 amide bonds. The summed E-state index contributed by atoms with van der Waals surface area (Å²) in [6.07, 6.45) is -0.271. The average molecular weight is 534 g/mol. The first-order chi connectivity index (χ1) is 18.6. The second-order valence-corrected chi connectivity index (χ2v) is 10.9. The zero-order chi connectivity index (χ0) is 27.9. The lowest BCUT2D eigenvalue weighted by Crippen LogP contribution is -2.52. The summed E-state index contributed by atoms with van der Waals surface area (Å²) in [6, 6.07) is 15.9. The van der Waals surface area contributed by atoms with Crippen LogP contribution in [0.5, 0.6) is 0 Å². The highest BCUT2D eigenvalue weighted by Crippen LogP contribution is 2.36. The van der Waals surface area contributed by atoms with E-state index in [4.69, 9.17) is 9.62 Å². The number of carbonyl (C=O) groups is 1. The van der Waals surface area contributed by atoms with Crippen molar-refractivity contribution in [2.75, 3.05) is 13.1 Å². The number of amides is 1. The maximum absolute atomic E-state index is 14.3. The minimum atomic E-state index is -0.681. The van der Waals surface area contributed by atoms with Crippen LogP contribution >= 0.6 is 0 Å². The molecule has 1 unspecified atom stereocenters. The lowest BCUT2D eigenvalue weighted by Gasteiger charge is -2.35. The number of nitrogens with one attached hydrogen (secondary N) is 1. The van der Waals surface area contributed by atoms with Gasteiger partial charge in [0.25, 0.3) is 0 Å². The molecule has 5 rings (SSSR count). The van der Waals surface area contributed by atoms with Crippen LogP contribution in [-0.2, 0) is 10.5 Å². The monoisotopic (exact) mass is 533 g/mol. The van der Waals surface area contributed by atoms with Crippen LogP contribution in [0.3, 0.4) is 0 Å². The van der Waals surface area contributed by atoms with E-state index in [1.807, 2.05) is 70.0 Å². The van der Waals surface area contributed by atoms with E-state index in [2.05, 4.69) is 10.5 Å². The maximum atomic E-state index is 14.3. The first-order valence-corrected chi connectivity index (χ1v) is 13.5. The molecule has 1 saturated heterocycles. The zero-order valence-corrected chi connectivity index (χ0v) is 23.1. The minimum absolute atomic E-state index is 0.0212. The van der Waals surface area contributed by atoms with Crippen molar-refractivity contribution >= 4 is 11.7 Å². The van der Waals surface area contributed by atoms with E-state index < -0.39 is 23.7 Å².